The Balaban J connectivity index is 1.90. The Kier molecular flexibility index (Phi) is 2.69. The number of ether oxygens (including phenoxy) is 1. The van der Waals surface area contributed by atoms with Crippen molar-refractivity contribution >= 4 is 11.8 Å². The molecule has 1 heterocycles. The van der Waals surface area contributed by atoms with Gasteiger partial charge in [-0.1, -0.05) is 12.1 Å². The fourth-order valence-corrected chi connectivity index (χ4v) is 3.01. The van der Waals surface area contributed by atoms with Gasteiger partial charge in [-0.2, -0.15) is 0 Å². The Hall–Kier alpha value is -2.04. The van der Waals surface area contributed by atoms with E-state index in [0.29, 0.717) is 23.8 Å². The summed E-state index contributed by atoms with van der Waals surface area (Å²) in [6, 6.07) is 6.59. The summed E-state index contributed by atoms with van der Waals surface area (Å²) in [5.74, 6) is 0.644. The molecule has 1 aromatic rings. The highest BCUT2D eigenvalue weighted by Crippen LogP contribution is 2.49. The second-order valence-electron chi connectivity index (χ2n) is 5.16. The van der Waals surface area contributed by atoms with Crippen LogP contribution in [0.15, 0.2) is 24.3 Å². The number of hydrogen-bond acceptors (Lipinski definition) is 3. The lowest BCUT2D eigenvalue weighted by Crippen LogP contribution is -2.46. The van der Waals surface area contributed by atoms with Crippen molar-refractivity contribution in [3.05, 3.63) is 29.8 Å². The minimum atomic E-state index is -0.456. The predicted octanol–water partition coefficient (Wildman–Crippen LogP) is 0.641. The maximum atomic E-state index is 12.5. The number of para-hydroxylation sites is 1. The highest BCUT2D eigenvalue weighted by molar-refractivity contribution is 6.00. The van der Waals surface area contributed by atoms with Crippen LogP contribution in [-0.4, -0.2) is 36.4 Å². The number of methoxy groups -OCH3 is 1. The number of hydrogen-bond donors (Lipinski definition) is 1. The first-order valence-electron chi connectivity index (χ1n) is 6.36. The molecule has 0 radical (unpaired) electrons. The molecular formula is C14H16N2O3. The number of benzene rings is 1. The van der Waals surface area contributed by atoms with E-state index in [4.69, 9.17) is 10.5 Å². The minimum Gasteiger partial charge on any atom is -0.496 e. The Morgan fingerprint density at radius 2 is 2.11 bits per heavy atom. The van der Waals surface area contributed by atoms with Crippen molar-refractivity contribution in [2.45, 2.75) is 12.5 Å². The highest BCUT2D eigenvalue weighted by Gasteiger charge is 2.56. The van der Waals surface area contributed by atoms with Crippen LogP contribution in [0.2, 0.25) is 0 Å². The van der Waals surface area contributed by atoms with Crippen molar-refractivity contribution in [1.29, 1.82) is 0 Å². The molecule has 0 spiro atoms. The normalized spacial score (nSPS) is 27.8. The third kappa shape index (κ3) is 1.85. The summed E-state index contributed by atoms with van der Waals surface area (Å²) in [5.41, 5.74) is 5.91. The van der Waals surface area contributed by atoms with E-state index in [1.165, 1.54) is 7.11 Å². The van der Waals surface area contributed by atoms with Gasteiger partial charge >= 0.3 is 0 Å². The summed E-state index contributed by atoms with van der Waals surface area (Å²) in [4.78, 5) is 25.7. The van der Waals surface area contributed by atoms with Crippen LogP contribution in [0.4, 0.5) is 0 Å². The lowest BCUT2D eigenvalue weighted by Gasteiger charge is -2.25. The smallest absolute Gasteiger partial charge is 0.258 e. The lowest BCUT2D eigenvalue weighted by molar-refractivity contribution is -0.122. The molecule has 2 amide bonds. The molecule has 3 rings (SSSR count). The number of rotatable bonds is 3. The van der Waals surface area contributed by atoms with Crippen molar-refractivity contribution in [1.82, 2.24) is 4.90 Å². The van der Waals surface area contributed by atoms with Crippen LogP contribution in [0, 0.1) is 11.8 Å². The molecule has 0 aromatic heterocycles. The Labute approximate surface area is 111 Å². The van der Waals surface area contributed by atoms with Crippen LogP contribution < -0.4 is 10.5 Å². The maximum Gasteiger partial charge on any atom is 0.258 e. The zero-order valence-electron chi connectivity index (χ0n) is 10.7. The molecule has 1 saturated carbocycles. The van der Waals surface area contributed by atoms with Crippen LogP contribution in [0.1, 0.15) is 16.8 Å². The molecule has 2 N–H and O–H groups in total. The van der Waals surface area contributed by atoms with Gasteiger partial charge in [0.25, 0.3) is 5.91 Å². The van der Waals surface area contributed by atoms with Crippen molar-refractivity contribution in [2.75, 3.05) is 13.7 Å². The van der Waals surface area contributed by atoms with E-state index in [2.05, 4.69) is 0 Å². The van der Waals surface area contributed by atoms with Gasteiger partial charge in [0, 0.05) is 6.54 Å². The number of amides is 2. The van der Waals surface area contributed by atoms with E-state index < -0.39 is 11.9 Å². The zero-order valence-corrected chi connectivity index (χ0v) is 10.7. The molecule has 0 unspecified atom stereocenters. The van der Waals surface area contributed by atoms with E-state index in [9.17, 15) is 9.59 Å². The van der Waals surface area contributed by atoms with E-state index in [0.717, 1.165) is 6.42 Å². The van der Waals surface area contributed by atoms with E-state index in [1.54, 1.807) is 23.1 Å². The first-order valence-corrected chi connectivity index (χ1v) is 6.36. The average molecular weight is 260 g/mol. The van der Waals surface area contributed by atoms with E-state index in [-0.39, 0.29) is 11.8 Å². The molecule has 1 saturated heterocycles. The largest absolute Gasteiger partial charge is 0.496 e. The molecule has 100 valence electrons. The standard InChI is InChI=1S/C14H16N2O3/c1-19-11-5-3-2-4-9(11)14(18)16-7-8-6-10(8)12(16)13(15)17/h2-5,8,10,12H,6-7H2,1H3,(H2,15,17)/t8-,10-,12-/m0/s1. The number of piperidine rings is 1. The molecule has 3 atom stereocenters. The summed E-state index contributed by atoms with van der Waals surface area (Å²) in [6.45, 7) is 0.620. The summed E-state index contributed by atoms with van der Waals surface area (Å²) in [6.07, 6.45) is 1.00. The van der Waals surface area contributed by atoms with E-state index >= 15 is 0 Å². The van der Waals surface area contributed by atoms with Crippen LogP contribution in [0.25, 0.3) is 0 Å². The first kappa shape index (κ1) is 12.0. The van der Waals surface area contributed by atoms with Crippen LogP contribution >= 0.6 is 0 Å². The fraction of sp³-hybridized carbons (Fsp3) is 0.429. The quantitative estimate of drug-likeness (QED) is 0.866. The van der Waals surface area contributed by atoms with Gasteiger partial charge in [-0.3, -0.25) is 9.59 Å². The maximum absolute atomic E-state index is 12.5. The predicted molar refractivity (Wildman–Crippen MR) is 68.6 cm³/mol. The second kappa shape index (κ2) is 4.26. The molecule has 5 heteroatoms. The van der Waals surface area contributed by atoms with Crippen molar-refractivity contribution in [3.63, 3.8) is 0 Å². The van der Waals surface area contributed by atoms with Crippen molar-refractivity contribution in [3.8, 4) is 5.75 Å². The number of likely N-dealkylation sites (tertiary alicyclic amines) is 1. The fourth-order valence-electron chi connectivity index (χ4n) is 3.01. The Morgan fingerprint density at radius 3 is 2.79 bits per heavy atom. The van der Waals surface area contributed by atoms with Gasteiger partial charge in [-0.25, -0.2) is 0 Å². The summed E-state index contributed by atoms with van der Waals surface area (Å²) >= 11 is 0. The number of carbonyl (C=O) groups is 2. The molecular weight excluding hydrogens is 244 g/mol. The minimum absolute atomic E-state index is 0.173. The van der Waals surface area contributed by atoms with Gasteiger partial charge in [0.2, 0.25) is 5.91 Å². The van der Waals surface area contributed by atoms with Gasteiger partial charge in [-0.05, 0) is 30.4 Å². The summed E-state index contributed by atoms with van der Waals surface area (Å²) in [7, 11) is 1.53. The van der Waals surface area contributed by atoms with Gasteiger partial charge in [0.15, 0.2) is 0 Å². The van der Waals surface area contributed by atoms with E-state index in [1.807, 2.05) is 6.07 Å². The van der Waals surface area contributed by atoms with Gasteiger partial charge in [0.05, 0.1) is 12.7 Å². The topological polar surface area (TPSA) is 72.6 Å². The number of primary amides is 1. The molecule has 5 nitrogen and oxygen atoms in total. The van der Waals surface area contributed by atoms with Gasteiger partial charge < -0.3 is 15.4 Å². The summed E-state index contributed by atoms with van der Waals surface area (Å²) in [5, 5.41) is 0. The van der Waals surface area contributed by atoms with Crippen LogP contribution in [-0.2, 0) is 4.79 Å². The number of nitrogens with zero attached hydrogens (tertiary/aromatic N) is 1. The highest BCUT2D eigenvalue weighted by atomic mass is 16.5. The number of carbonyl (C=O) groups excluding carboxylic acids is 2. The second-order valence-corrected chi connectivity index (χ2v) is 5.16. The average Bonchev–Trinajstić information content (AvgIpc) is 3.07. The van der Waals surface area contributed by atoms with Gasteiger partial charge in [0.1, 0.15) is 11.8 Å². The molecule has 1 aliphatic heterocycles. The first-order chi connectivity index (χ1) is 9.13. The van der Waals surface area contributed by atoms with Gasteiger partial charge in [-0.15, -0.1) is 0 Å². The van der Waals surface area contributed by atoms with Crippen molar-refractivity contribution < 1.29 is 14.3 Å². The third-order valence-corrected chi connectivity index (χ3v) is 4.04. The molecule has 1 aromatic carbocycles. The third-order valence-electron chi connectivity index (χ3n) is 4.04. The number of nitrogens with two attached hydrogens (primary N) is 1. The monoisotopic (exact) mass is 260 g/mol. The summed E-state index contributed by atoms with van der Waals surface area (Å²) < 4.78 is 5.20. The van der Waals surface area contributed by atoms with Crippen LogP contribution in [0.3, 0.4) is 0 Å². The molecule has 2 fully saturated rings. The number of fused-ring (bicyclic) bond motifs is 1. The molecule has 2 aliphatic rings. The Morgan fingerprint density at radius 1 is 1.37 bits per heavy atom. The Bertz CT molecular complexity index is 543. The lowest BCUT2D eigenvalue weighted by atomic mass is 10.1. The SMILES string of the molecule is COc1ccccc1C(=O)N1C[C@@H]2C[C@@H]2[C@H]1C(N)=O. The van der Waals surface area contributed by atoms with Crippen LogP contribution in [0.5, 0.6) is 5.75 Å². The molecule has 0 bridgehead atoms. The molecule has 19 heavy (non-hydrogen) atoms. The zero-order chi connectivity index (χ0) is 13.6. The van der Waals surface area contributed by atoms with Crippen molar-refractivity contribution in [2.24, 2.45) is 17.6 Å². The molecule has 1 aliphatic carbocycles.